The second-order valence-electron chi connectivity index (χ2n) is 8.61. The molecular weight excluding hydrogens is 330 g/mol. The summed E-state index contributed by atoms with van der Waals surface area (Å²) in [5, 5.41) is 0. The molecular formula is C23H26F2O. The summed E-state index contributed by atoms with van der Waals surface area (Å²) >= 11 is 0. The third-order valence-electron chi connectivity index (χ3n) is 4.45. The molecule has 0 aliphatic carbocycles. The predicted octanol–water partition coefficient (Wildman–Crippen LogP) is 6.19. The smallest absolute Gasteiger partial charge is 0.159 e. The van der Waals surface area contributed by atoms with Crippen LogP contribution in [-0.2, 0) is 15.6 Å². The average molecular weight is 356 g/mol. The van der Waals surface area contributed by atoms with Crippen LogP contribution in [-0.4, -0.2) is 6.29 Å². The molecule has 0 saturated heterocycles. The van der Waals surface area contributed by atoms with Gasteiger partial charge in [-0.1, -0.05) is 65.8 Å². The van der Waals surface area contributed by atoms with Gasteiger partial charge in [0, 0.05) is 0 Å². The lowest BCUT2D eigenvalue weighted by molar-refractivity contribution is -0.104. The highest BCUT2D eigenvalue weighted by Gasteiger charge is 2.24. The molecule has 3 heteroatoms. The number of carbonyl (C=O) groups excluding carboxylic acids is 1. The molecule has 0 aromatic heterocycles. The third kappa shape index (κ3) is 4.27. The van der Waals surface area contributed by atoms with E-state index in [4.69, 9.17) is 0 Å². The average Bonchev–Trinajstić information content (AvgIpc) is 2.53. The van der Waals surface area contributed by atoms with Gasteiger partial charge in [0.2, 0.25) is 0 Å². The molecule has 0 bridgehead atoms. The van der Waals surface area contributed by atoms with Crippen LogP contribution in [0.1, 0.15) is 63.8 Å². The zero-order valence-electron chi connectivity index (χ0n) is 16.3. The Labute approximate surface area is 154 Å². The Kier molecular flexibility index (Phi) is 5.50. The van der Waals surface area contributed by atoms with E-state index in [2.05, 4.69) is 47.6 Å². The number of hydrogen-bond donors (Lipinski definition) is 0. The van der Waals surface area contributed by atoms with Gasteiger partial charge in [-0.15, -0.1) is 0 Å². The Hall–Kier alpha value is -2.29. The Morgan fingerprint density at radius 1 is 0.846 bits per heavy atom. The summed E-state index contributed by atoms with van der Waals surface area (Å²) in [6.07, 6.45) is 2.09. The summed E-state index contributed by atoms with van der Waals surface area (Å²) in [6, 6.07) is 9.87. The molecule has 0 amide bonds. The molecule has 0 spiro atoms. The van der Waals surface area contributed by atoms with Crippen LogP contribution >= 0.6 is 0 Å². The number of allylic oxidation sites excluding steroid dienone is 1. The van der Waals surface area contributed by atoms with Crippen molar-refractivity contribution < 1.29 is 13.6 Å². The van der Waals surface area contributed by atoms with Gasteiger partial charge in [-0.2, -0.15) is 0 Å². The molecule has 0 fully saturated rings. The molecule has 2 aromatic rings. The van der Waals surface area contributed by atoms with Crippen LogP contribution in [0.15, 0.2) is 42.5 Å². The van der Waals surface area contributed by atoms with Gasteiger partial charge in [-0.05, 0) is 56.9 Å². The third-order valence-corrected chi connectivity index (χ3v) is 4.45. The van der Waals surface area contributed by atoms with Crippen LogP contribution in [0.25, 0.3) is 5.57 Å². The van der Waals surface area contributed by atoms with E-state index >= 15 is 0 Å². The second-order valence-corrected chi connectivity index (χ2v) is 8.61. The van der Waals surface area contributed by atoms with Gasteiger partial charge in [0.15, 0.2) is 11.6 Å². The largest absolute Gasteiger partial charge is 0.299 e. The lowest BCUT2D eigenvalue weighted by Crippen LogP contribution is -2.18. The van der Waals surface area contributed by atoms with Gasteiger partial charge in [-0.3, -0.25) is 4.79 Å². The fraction of sp³-hybridized carbons (Fsp3) is 0.348. The van der Waals surface area contributed by atoms with Gasteiger partial charge in [0.1, 0.15) is 6.29 Å². The van der Waals surface area contributed by atoms with Gasteiger partial charge < -0.3 is 0 Å². The Morgan fingerprint density at radius 2 is 1.50 bits per heavy atom. The molecule has 0 aliphatic heterocycles. The quantitative estimate of drug-likeness (QED) is 0.473. The van der Waals surface area contributed by atoms with Crippen molar-refractivity contribution >= 4 is 11.9 Å². The minimum Gasteiger partial charge on any atom is -0.299 e. The van der Waals surface area contributed by atoms with Gasteiger partial charge in [0.05, 0.1) is 0 Å². The number of aldehydes is 1. The zero-order chi connectivity index (χ0) is 19.7. The molecule has 0 heterocycles. The van der Waals surface area contributed by atoms with Crippen LogP contribution in [0.3, 0.4) is 0 Å². The minimum atomic E-state index is -0.928. The van der Waals surface area contributed by atoms with Crippen LogP contribution < -0.4 is 0 Å². The van der Waals surface area contributed by atoms with E-state index in [0.717, 1.165) is 23.3 Å². The number of rotatable bonds is 3. The van der Waals surface area contributed by atoms with Crippen molar-refractivity contribution in [1.29, 1.82) is 0 Å². The van der Waals surface area contributed by atoms with E-state index < -0.39 is 11.6 Å². The molecule has 0 N–H and O–H groups in total. The van der Waals surface area contributed by atoms with Crippen LogP contribution in [0.5, 0.6) is 0 Å². The molecule has 1 nitrogen and oxygen atoms in total. The standard InChI is InChI=1S/C23H26F2O/c1-22(2,3)16-8-9-18(19(14-16)23(4,5)6)17(11-12-26)15-7-10-20(24)21(25)13-15/h7-14H,1-6H3. The highest BCUT2D eigenvalue weighted by atomic mass is 19.2. The highest BCUT2D eigenvalue weighted by Crippen LogP contribution is 2.36. The van der Waals surface area contributed by atoms with Gasteiger partial charge in [-0.25, -0.2) is 8.78 Å². The molecule has 0 aliphatic rings. The molecule has 0 radical (unpaired) electrons. The van der Waals surface area contributed by atoms with Crippen LogP contribution in [0, 0.1) is 11.6 Å². The van der Waals surface area contributed by atoms with Crippen LogP contribution in [0.2, 0.25) is 0 Å². The van der Waals surface area contributed by atoms with E-state index in [9.17, 15) is 13.6 Å². The molecule has 0 atom stereocenters. The normalized spacial score (nSPS) is 13.0. The van der Waals surface area contributed by atoms with Gasteiger partial charge in [0.25, 0.3) is 0 Å². The molecule has 0 unspecified atom stereocenters. The lowest BCUT2D eigenvalue weighted by Gasteiger charge is -2.28. The molecule has 2 rings (SSSR count). The van der Waals surface area contributed by atoms with Crippen molar-refractivity contribution in [2.45, 2.75) is 52.4 Å². The Bertz CT molecular complexity index is 849. The first-order valence-corrected chi connectivity index (χ1v) is 8.71. The topological polar surface area (TPSA) is 17.1 Å². The summed E-state index contributed by atoms with van der Waals surface area (Å²) < 4.78 is 27.1. The summed E-state index contributed by atoms with van der Waals surface area (Å²) in [5.41, 5.74) is 3.95. The number of carbonyl (C=O) groups is 1. The first kappa shape index (κ1) is 20.0. The summed E-state index contributed by atoms with van der Waals surface area (Å²) in [5.74, 6) is -1.83. The maximum Gasteiger partial charge on any atom is 0.159 e. The molecule has 26 heavy (non-hydrogen) atoms. The Morgan fingerprint density at radius 3 is 2.00 bits per heavy atom. The van der Waals surface area contributed by atoms with Crippen LogP contribution in [0.4, 0.5) is 8.78 Å². The maximum atomic E-state index is 13.8. The van der Waals surface area contributed by atoms with E-state index in [0.29, 0.717) is 17.4 Å². The summed E-state index contributed by atoms with van der Waals surface area (Å²) in [7, 11) is 0. The van der Waals surface area contributed by atoms with Gasteiger partial charge >= 0.3 is 0 Å². The highest BCUT2D eigenvalue weighted by molar-refractivity contribution is 5.91. The predicted molar refractivity (Wildman–Crippen MR) is 103 cm³/mol. The van der Waals surface area contributed by atoms with E-state index in [-0.39, 0.29) is 10.8 Å². The minimum absolute atomic E-state index is 0.0188. The number of hydrogen-bond acceptors (Lipinski definition) is 1. The van der Waals surface area contributed by atoms with Crippen molar-refractivity contribution in [2.75, 3.05) is 0 Å². The van der Waals surface area contributed by atoms with Crippen molar-refractivity contribution in [1.82, 2.24) is 0 Å². The summed E-state index contributed by atoms with van der Waals surface area (Å²) in [4.78, 5) is 11.3. The van der Waals surface area contributed by atoms with E-state index in [1.165, 1.54) is 17.7 Å². The SMILES string of the molecule is CC(C)(C)c1ccc(C(=CC=O)c2ccc(F)c(F)c2)c(C(C)(C)C)c1. The zero-order valence-corrected chi connectivity index (χ0v) is 16.3. The van der Waals surface area contributed by atoms with Crippen molar-refractivity contribution in [3.05, 3.63) is 76.4 Å². The van der Waals surface area contributed by atoms with Crippen molar-refractivity contribution in [3.8, 4) is 0 Å². The first-order valence-electron chi connectivity index (χ1n) is 8.71. The van der Waals surface area contributed by atoms with Crippen molar-refractivity contribution in [2.24, 2.45) is 0 Å². The Balaban J connectivity index is 2.75. The number of halogens is 2. The first-order chi connectivity index (χ1) is 11.9. The molecule has 2 aromatic carbocycles. The van der Waals surface area contributed by atoms with E-state index in [1.54, 1.807) is 0 Å². The maximum absolute atomic E-state index is 13.8. The molecule has 138 valence electrons. The fourth-order valence-electron chi connectivity index (χ4n) is 2.94. The molecule has 0 saturated carbocycles. The van der Waals surface area contributed by atoms with Crippen molar-refractivity contribution in [3.63, 3.8) is 0 Å². The lowest BCUT2D eigenvalue weighted by atomic mass is 9.76. The summed E-state index contributed by atoms with van der Waals surface area (Å²) in [6.45, 7) is 12.7. The monoisotopic (exact) mass is 356 g/mol. The number of benzene rings is 2. The fourth-order valence-corrected chi connectivity index (χ4v) is 2.94. The van der Waals surface area contributed by atoms with E-state index in [1.807, 2.05) is 12.1 Å². The second kappa shape index (κ2) is 7.14.